The Morgan fingerprint density at radius 1 is 1.11 bits per heavy atom. The Kier molecular flexibility index (Phi) is 6.82. The number of aryl methyl sites for hydroxylation is 1. The number of imidazole rings is 1. The molecule has 188 valence electrons. The van der Waals surface area contributed by atoms with Gasteiger partial charge in [0, 0.05) is 31.1 Å². The minimum Gasteiger partial charge on any atom is -0.365 e. The second kappa shape index (κ2) is 10.2. The fraction of sp³-hybridized carbons (Fsp3) is 0.370. The van der Waals surface area contributed by atoms with Gasteiger partial charge in [-0.2, -0.15) is 0 Å². The van der Waals surface area contributed by atoms with Crippen molar-refractivity contribution in [2.24, 2.45) is 5.92 Å². The van der Waals surface area contributed by atoms with Gasteiger partial charge in [-0.25, -0.2) is 13.8 Å². The van der Waals surface area contributed by atoms with Crippen molar-refractivity contribution in [3.63, 3.8) is 0 Å². The monoisotopic (exact) mass is 494 g/mol. The lowest BCUT2D eigenvalue weighted by atomic mass is 9.95. The first-order valence-electron chi connectivity index (χ1n) is 12.1. The van der Waals surface area contributed by atoms with E-state index < -0.39 is 11.6 Å². The molecule has 3 aromatic rings. The van der Waals surface area contributed by atoms with Crippen LogP contribution in [-0.2, 0) is 29.2 Å². The fourth-order valence-corrected chi connectivity index (χ4v) is 4.79. The number of carbonyl (C=O) groups excluding carboxylic acids is 2. The van der Waals surface area contributed by atoms with E-state index in [4.69, 9.17) is 4.74 Å². The van der Waals surface area contributed by atoms with Gasteiger partial charge in [0.1, 0.15) is 17.7 Å². The normalized spacial score (nSPS) is 18.1. The van der Waals surface area contributed by atoms with Crippen LogP contribution in [0.15, 0.2) is 48.8 Å². The van der Waals surface area contributed by atoms with Crippen LogP contribution in [0, 0.1) is 24.5 Å². The summed E-state index contributed by atoms with van der Waals surface area (Å²) in [6.45, 7) is 3.70. The van der Waals surface area contributed by atoms with Gasteiger partial charge in [-0.1, -0.05) is 29.8 Å². The largest absolute Gasteiger partial charge is 0.365 e. The molecule has 1 saturated heterocycles. The Morgan fingerprint density at radius 2 is 1.86 bits per heavy atom. The molecule has 36 heavy (non-hydrogen) atoms. The van der Waals surface area contributed by atoms with Gasteiger partial charge in [0.25, 0.3) is 5.91 Å². The quantitative estimate of drug-likeness (QED) is 0.584. The maximum Gasteiger partial charge on any atom is 0.274 e. The second-order valence-electron chi connectivity index (χ2n) is 9.42. The van der Waals surface area contributed by atoms with Gasteiger partial charge < -0.3 is 19.5 Å². The predicted molar refractivity (Wildman–Crippen MR) is 128 cm³/mol. The summed E-state index contributed by atoms with van der Waals surface area (Å²) in [6.07, 6.45) is 2.58. The number of likely N-dealkylation sites (tertiary alicyclic amines) is 1. The van der Waals surface area contributed by atoms with E-state index in [1.165, 1.54) is 5.56 Å². The molecule has 3 heterocycles. The van der Waals surface area contributed by atoms with Gasteiger partial charge >= 0.3 is 0 Å². The molecular formula is C27H28F2N4O3. The molecule has 0 bridgehead atoms. The third-order valence-corrected chi connectivity index (χ3v) is 7.00. The number of nitrogens with zero attached hydrogens (tertiary/aromatic N) is 3. The summed E-state index contributed by atoms with van der Waals surface area (Å²) in [5, 5.41) is 2.69. The number of halogens is 2. The van der Waals surface area contributed by atoms with Gasteiger partial charge in [-0.15, -0.1) is 0 Å². The maximum atomic E-state index is 13.8. The van der Waals surface area contributed by atoms with E-state index in [0.29, 0.717) is 44.8 Å². The Bertz CT molecular complexity index is 1270. The highest BCUT2D eigenvalue weighted by Gasteiger charge is 2.32. The molecule has 1 N–H and O–H groups in total. The highest BCUT2D eigenvalue weighted by molar-refractivity contribution is 5.93. The third-order valence-electron chi connectivity index (χ3n) is 7.00. The molecule has 1 atom stereocenters. The van der Waals surface area contributed by atoms with Crippen LogP contribution in [0.2, 0.25) is 0 Å². The minimum atomic E-state index is -0.560. The maximum absolute atomic E-state index is 13.8. The van der Waals surface area contributed by atoms with E-state index in [1.807, 2.05) is 11.5 Å². The average Bonchev–Trinajstić information content (AvgIpc) is 3.32. The van der Waals surface area contributed by atoms with E-state index in [9.17, 15) is 18.4 Å². The molecule has 2 aliphatic heterocycles. The number of aromatic nitrogens is 2. The van der Waals surface area contributed by atoms with E-state index >= 15 is 0 Å². The van der Waals surface area contributed by atoms with Crippen LogP contribution >= 0.6 is 0 Å². The molecule has 9 heteroatoms. The Hall–Kier alpha value is -3.59. The first-order valence-corrected chi connectivity index (χ1v) is 12.1. The van der Waals surface area contributed by atoms with Gasteiger partial charge in [0.05, 0.1) is 25.2 Å². The number of rotatable bonds is 5. The van der Waals surface area contributed by atoms with Gasteiger partial charge in [-0.3, -0.25) is 9.59 Å². The highest BCUT2D eigenvalue weighted by Crippen LogP contribution is 2.29. The summed E-state index contributed by atoms with van der Waals surface area (Å²) in [6, 6.07) is 11.4. The lowest BCUT2D eigenvalue weighted by Crippen LogP contribution is -2.43. The number of fused-ring (bicyclic) bond motifs is 1. The number of hydrogen-bond donors (Lipinski definition) is 1. The molecule has 2 aliphatic rings. The number of carbonyl (C=O) groups is 2. The SMILES string of the molecule is Cc1ccc(C2Cn3cnc(C(=O)N4CCC(C(=O)NCc5cc(F)ccc5F)CC4)c3CO2)cc1. The fourth-order valence-electron chi connectivity index (χ4n) is 4.79. The molecule has 7 nitrogen and oxygen atoms in total. The number of hydrogen-bond acceptors (Lipinski definition) is 4. The van der Waals surface area contributed by atoms with Crippen molar-refractivity contribution >= 4 is 11.8 Å². The highest BCUT2D eigenvalue weighted by atomic mass is 19.1. The van der Waals surface area contributed by atoms with Gasteiger partial charge in [0.2, 0.25) is 5.91 Å². The average molecular weight is 495 g/mol. The molecule has 1 aromatic heterocycles. The van der Waals surface area contributed by atoms with Gasteiger partial charge in [-0.05, 0) is 43.5 Å². The van der Waals surface area contributed by atoms with E-state index in [-0.39, 0.29) is 35.9 Å². The van der Waals surface area contributed by atoms with Crippen molar-refractivity contribution in [1.29, 1.82) is 0 Å². The molecular weight excluding hydrogens is 466 g/mol. The Morgan fingerprint density at radius 3 is 2.61 bits per heavy atom. The lowest BCUT2D eigenvalue weighted by Gasteiger charge is -2.31. The van der Waals surface area contributed by atoms with Crippen LogP contribution in [0.4, 0.5) is 8.78 Å². The van der Waals surface area contributed by atoms with Crippen LogP contribution in [0.5, 0.6) is 0 Å². The van der Waals surface area contributed by atoms with Crippen LogP contribution in [0.1, 0.15) is 51.8 Å². The molecule has 2 amide bonds. The topological polar surface area (TPSA) is 76.5 Å². The zero-order valence-electron chi connectivity index (χ0n) is 20.0. The number of ether oxygens (including phenoxy) is 1. The van der Waals surface area contributed by atoms with Gasteiger partial charge in [0.15, 0.2) is 5.69 Å². The number of piperidine rings is 1. The molecule has 0 aliphatic carbocycles. The molecule has 0 saturated carbocycles. The van der Waals surface area contributed by atoms with Crippen molar-refractivity contribution in [2.75, 3.05) is 13.1 Å². The van der Waals surface area contributed by atoms with E-state index in [2.05, 4.69) is 34.6 Å². The summed E-state index contributed by atoms with van der Waals surface area (Å²) >= 11 is 0. The van der Waals surface area contributed by atoms with Crippen molar-refractivity contribution in [1.82, 2.24) is 19.8 Å². The first-order chi connectivity index (χ1) is 17.4. The standard InChI is InChI=1S/C27H28F2N4O3/c1-17-2-4-18(5-3-17)24-14-33-16-31-25(23(33)15-36-24)27(35)32-10-8-19(9-11-32)26(34)30-13-20-12-21(28)6-7-22(20)29/h2-7,12,16,19,24H,8-11,13-15H2,1H3,(H,30,34). The summed E-state index contributed by atoms with van der Waals surface area (Å²) in [7, 11) is 0. The number of nitrogens with one attached hydrogen (secondary N) is 1. The smallest absolute Gasteiger partial charge is 0.274 e. The van der Waals surface area contributed by atoms with Crippen molar-refractivity contribution in [3.05, 3.63) is 88.5 Å². The number of benzene rings is 2. The molecule has 0 radical (unpaired) electrons. The Labute approximate surface area is 208 Å². The van der Waals surface area contributed by atoms with E-state index in [0.717, 1.165) is 29.5 Å². The summed E-state index contributed by atoms with van der Waals surface area (Å²) in [4.78, 5) is 31.9. The predicted octanol–water partition coefficient (Wildman–Crippen LogP) is 3.91. The summed E-state index contributed by atoms with van der Waals surface area (Å²) in [5.41, 5.74) is 3.54. The van der Waals surface area contributed by atoms with E-state index in [1.54, 1.807) is 11.2 Å². The van der Waals surface area contributed by atoms with Crippen LogP contribution in [0.25, 0.3) is 0 Å². The molecule has 1 unspecified atom stereocenters. The second-order valence-corrected chi connectivity index (χ2v) is 9.42. The van der Waals surface area contributed by atoms with Crippen molar-refractivity contribution < 1.29 is 23.1 Å². The van der Waals surface area contributed by atoms with Crippen LogP contribution in [-0.4, -0.2) is 39.4 Å². The molecule has 2 aromatic carbocycles. The zero-order valence-corrected chi connectivity index (χ0v) is 20.0. The first kappa shape index (κ1) is 24.1. The number of amides is 2. The summed E-state index contributed by atoms with van der Waals surface area (Å²) in [5.74, 6) is -1.79. The third kappa shape index (κ3) is 5.02. The van der Waals surface area contributed by atoms with Crippen molar-refractivity contribution in [3.8, 4) is 0 Å². The lowest BCUT2D eigenvalue weighted by molar-refractivity contribution is -0.126. The molecule has 5 rings (SSSR count). The van der Waals surface area contributed by atoms with Crippen molar-refractivity contribution in [2.45, 2.75) is 45.6 Å². The Balaban J connectivity index is 1.15. The van der Waals surface area contributed by atoms with Crippen LogP contribution < -0.4 is 5.32 Å². The summed E-state index contributed by atoms with van der Waals surface area (Å²) < 4.78 is 35.2. The minimum absolute atomic E-state index is 0.0774. The zero-order chi connectivity index (χ0) is 25.2. The molecule has 0 spiro atoms. The van der Waals surface area contributed by atoms with Crippen LogP contribution in [0.3, 0.4) is 0 Å². The molecule has 1 fully saturated rings.